The first-order valence-corrected chi connectivity index (χ1v) is 10.7. The number of rotatable bonds is 4. The Balaban J connectivity index is 2.73. The predicted octanol–water partition coefficient (Wildman–Crippen LogP) is 2.31. The molecule has 132 valence electrons. The van der Waals surface area contributed by atoms with Crippen LogP contribution in [0.2, 0.25) is 10.0 Å². The SMILES string of the molecule is Cn1nc(-c2cc(NS(C)(=O)=O)c(Cl)cc2F)c(Cl)c1S(C)(=O)=O. The van der Waals surface area contributed by atoms with Gasteiger partial charge in [0.2, 0.25) is 10.0 Å². The standard InChI is InChI=1S/C12H12Cl2FN3O4S2/c1-18-12(23(2,19)20)10(14)11(16-18)6-4-9(17-24(3,21)22)7(13)5-8(6)15/h4-5,17H,1-3H3. The Hall–Kier alpha value is -1.36. The van der Waals surface area contributed by atoms with Gasteiger partial charge in [0.15, 0.2) is 14.9 Å². The van der Waals surface area contributed by atoms with Crippen LogP contribution in [0.15, 0.2) is 17.2 Å². The van der Waals surface area contributed by atoms with Crippen LogP contribution >= 0.6 is 23.2 Å². The van der Waals surface area contributed by atoms with Gasteiger partial charge in [-0.1, -0.05) is 23.2 Å². The number of aryl methyl sites for hydroxylation is 1. The van der Waals surface area contributed by atoms with Crippen molar-refractivity contribution in [1.82, 2.24) is 9.78 Å². The van der Waals surface area contributed by atoms with Crippen LogP contribution in [-0.2, 0) is 26.9 Å². The maximum Gasteiger partial charge on any atom is 0.229 e. The number of sulfonamides is 1. The molecule has 0 aliphatic heterocycles. The molecule has 1 aromatic heterocycles. The van der Waals surface area contributed by atoms with E-state index in [9.17, 15) is 21.2 Å². The molecule has 0 bridgehead atoms. The summed E-state index contributed by atoms with van der Waals surface area (Å²) in [6, 6.07) is 1.98. The summed E-state index contributed by atoms with van der Waals surface area (Å²) < 4.78 is 63.6. The Morgan fingerprint density at radius 2 is 1.75 bits per heavy atom. The summed E-state index contributed by atoms with van der Waals surface area (Å²) in [7, 11) is -6.02. The number of aromatic nitrogens is 2. The van der Waals surface area contributed by atoms with Crippen LogP contribution in [0.25, 0.3) is 11.3 Å². The molecule has 7 nitrogen and oxygen atoms in total. The van der Waals surface area contributed by atoms with Crippen molar-refractivity contribution >= 4 is 48.7 Å². The fraction of sp³-hybridized carbons (Fsp3) is 0.250. The molecule has 1 aromatic carbocycles. The van der Waals surface area contributed by atoms with Crippen LogP contribution in [0.1, 0.15) is 0 Å². The zero-order valence-electron chi connectivity index (χ0n) is 12.6. The van der Waals surface area contributed by atoms with Gasteiger partial charge in [-0.05, 0) is 12.1 Å². The van der Waals surface area contributed by atoms with Gasteiger partial charge in [0.05, 0.1) is 17.0 Å². The number of hydrogen-bond acceptors (Lipinski definition) is 5. The molecular weight excluding hydrogens is 404 g/mol. The molecule has 0 spiro atoms. The summed E-state index contributed by atoms with van der Waals surface area (Å²) in [6.45, 7) is 0. The average Bonchev–Trinajstić information content (AvgIpc) is 2.66. The summed E-state index contributed by atoms with van der Waals surface area (Å²) in [5.74, 6) is -0.834. The third kappa shape index (κ3) is 3.82. The number of sulfone groups is 1. The van der Waals surface area contributed by atoms with Gasteiger partial charge in [-0.25, -0.2) is 21.2 Å². The maximum absolute atomic E-state index is 14.2. The number of hydrogen-bond donors (Lipinski definition) is 1. The van der Waals surface area contributed by atoms with E-state index < -0.39 is 25.7 Å². The third-order valence-electron chi connectivity index (χ3n) is 2.90. The molecule has 0 saturated heterocycles. The van der Waals surface area contributed by atoms with Gasteiger partial charge >= 0.3 is 0 Å². The van der Waals surface area contributed by atoms with Gasteiger partial charge in [-0.2, -0.15) is 5.10 Å². The molecule has 1 heterocycles. The van der Waals surface area contributed by atoms with Crippen molar-refractivity contribution in [2.45, 2.75) is 5.03 Å². The minimum atomic E-state index is -3.70. The van der Waals surface area contributed by atoms with E-state index in [2.05, 4.69) is 9.82 Å². The molecule has 0 aliphatic carbocycles. The van der Waals surface area contributed by atoms with E-state index in [0.717, 1.165) is 29.3 Å². The summed E-state index contributed by atoms with van der Waals surface area (Å²) in [4.78, 5) is 0. The van der Waals surface area contributed by atoms with E-state index in [1.807, 2.05) is 0 Å². The Labute approximate surface area is 148 Å². The van der Waals surface area contributed by atoms with E-state index in [1.165, 1.54) is 7.05 Å². The van der Waals surface area contributed by atoms with Crippen molar-refractivity contribution in [2.75, 3.05) is 17.2 Å². The van der Waals surface area contributed by atoms with Gasteiger partial charge in [0.1, 0.15) is 16.5 Å². The van der Waals surface area contributed by atoms with Crippen molar-refractivity contribution in [3.63, 3.8) is 0 Å². The highest BCUT2D eigenvalue weighted by Gasteiger charge is 2.25. The second-order valence-corrected chi connectivity index (χ2v) is 9.51. The first-order valence-electron chi connectivity index (χ1n) is 6.21. The fourth-order valence-electron chi connectivity index (χ4n) is 2.07. The van der Waals surface area contributed by atoms with E-state index in [0.29, 0.717) is 0 Å². The summed E-state index contributed by atoms with van der Waals surface area (Å²) in [5.41, 5.74) is -0.426. The fourth-order valence-corrected chi connectivity index (χ4v) is 4.51. The Kier molecular flexibility index (Phi) is 4.88. The normalized spacial score (nSPS) is 12.4. The van der Waals surface area contributed by atoms with Crippen molar-refractivity contribution in [3.8, 4) is 11.3 Å². The predicted molar refractivity (Wildman–Crippen MR) is 90.2 cm³/mol. The first kappa shape index (κ1) is 19.0. The number of anilines is 1. The van der Waals surface area contributed by atoms with E-state index in [-0.39, 0.29) is 32.0 Å². The first-order chi connectivity index (χ1) is 10.8. The van der Waals surface area contributed by atoms with Crippen molar-refractivity contribution in [2.24, 2.45) is 7.05 Å². The van der Waals surface area contributed by atoms with Crippen LogP contribution < -0.4 is 4.72 Å². The highest BCUT2D eigenvalue weighted by Crippen LogP contribution is 2.37. The number of nitrogens with one attached hydrogen (secondary N) is 1. The summed E-state index contributed by atoms with van der Waals surface area (Å²) in [5, 5.41) is 3.19. The van der Waals surface area contributed by atoms with Gasteiger partial charge in [-0.3, -0.25) is 9.40 Å². The van der Waals surface area contributed by atoms with Gasteiger partial charge < -0.3 is 0 Å². The molecule has 1 N–H and O–H groups in total. The quantitative estimate of drug-likeness (QED) is 0.825. The van der Waals surface area contributed by atoms with Crippen molar-refractivity contribution < 1.29 is 21.2 Å². The maximum atomic E-state index is 14.2. The average molecular weight is 416 g/mol. The lowest BCUT2D eigenvalue weighted by Gasteiger charge is -2.09. The molecule has 24 heavy (non-hydrogen) atoms. The molecule has 0 fully saturated rings. The topological polar surface area (TPSA) is 98.1 Å². The lowest BCUT2D eigenvalue weighted by molar-refractivity contribution is 0.582. The minimum Gasteiger partial charge on any atom is -0.282 e. The second-order valence-electron chi connectivity index (χ2n) is 5.05. The van der Waals surface area contributed by atoms with E-state index >= 15 is 0 Å². The molecule has 0 atom stereocenters. The Morgan fingerprint density at radius 3 is 2.21 bits per heavy atom. The van der Waals surface area contributed by atoms with Gasteiger partial charge in [0.25, 0.3) is 0 Å². The van der Waals surface area contributed by atoms with Crippen molar-refractivity contribution in [1.29, 1.82) is 0 Å². The monoisotopic (exact) mass is 415 g/mol. The summed E-state index contributed by atoms with van der Waals surface area (Å²) >= 11 is 11.9. The molecule has 2 aromatic rings. The highest BCUT2D eigenvalue weighted by molar-refractivity contribution is 7.92. The van der Waals surface area contributed by atoms with Crippen LogP contribution in [-0.4, -0.2) is 39.1 Å². The molecule has 0 radical (unpaired) electrons. The lowest BCUT2D eigenvalue weighted by Crippen LogP contribution is -2.10. The molecule has 0 saturated carbocycles. The van der Waals surface area contributed by atoms with Gasteiger partial charge in [-0.15, -0.1) is 0 Å². The lowest BCUT2D eigenvalue weighted by atomic mass is 10.1. The van der Waals surface area contributed by atoms with E-state index in [1.54, 1.807) is 0 Å². The molecular formula is C12H12Cl2FN3O4S2. The Morgan fingerprint density at radius 1 is 1.17 bits per heavy atom. The molecule has 0 unspecified atom stereocenters. The summed E-state index contributed by atoms with van der Waals surface area (Å²) in [6.07, 6.45) is 1.84. The van der Waals surface area contributed by atoms with E-state index in [4.69, 9.17) is 23.2 Å². The minimum absolute atomic E-state index is 0.0850. The number of benzene rings is 1. The molecule has 0 aliphatic rings. The smallest absolute Gasteiger partial charge is 0.229 e. The zero-order valence-corrected chi connectivity index (χ0v) is 15.8. The van der Waals surface area contributed by atoms with Crippen LogP contribution in [0.4, 0.5) is 10.1 Å². The molecule has 0 amide bonds. The van der Waals surface area contributed by atoms with Crippen LogP contribution in [0.3, 0.4) is 0 Å². The van der Waals surface area contributed by atoms with Crippen LogP contribution in [0.5, 0.6) is 0 Å². The van der Waals surface area contributed by atoms with Gasteiger partial charge in [0, 0.05) is 18.9 Å². The molecule has 2 rings (SSSR count). The third-order valence-corrected chi connectivity index (χ3v) is 5.44. The van der Waals surface area contributed by atoms with Crippen LogP contribution in [0, 0.1) is 5.82 Å². The number of nitrogens with zero attached hydrogens (tertiary/aromatic N) is 2. The largest absolute Gasteiger partial charge is 0.282 e. The number of halogens is 3. The molecule has 12 heteroatoms. The highest BCUT2D eigenvalue weighted by atomic mass is 35.5. The zero-order chi connectivity index (χ0) is 18.4. The second kappa shape index (κ2) is 6.17. The van der Waals surface area contributed by atoms with Crippen molar-refractivity contribution in [3.05, 3.63) is 28.0 Å². The Bertz CT molecular complexity index is 1030.